The van der Waals surface area contributed by atoms with Crippen LogP contribution in [-0.2, 0) is 0 Å². The predicted octanol–water partition coefficient (Wildman–Crippen LogP) is 4.41. The van der Waals surface area contributed by atoms with E-state index in [-0.39, 0.29) is 13.3 Å². The molecule has 0 fully saturated rings. The number of halogens is 1. The monoisotopic (exact) mass is 230 g/mol. The maximum absolute atomic E-state index is 11.8. The van der Waals surface area contributed by atoms with E-state index < -0.39 is 0 Å². The van der Waals surface area contributed by atoms with Crippen molar-refractivity contribution in [1.29, 1.82) is 0 Å². The van der Waals surface area contributed by atoms with Gasteiger partial charge in [-0.05, 0) is 25.7 Å². The van der Waals surface area contributed by atoms with E-state index in [1.54, 1.807) is 0 Å². The number of alkyl halides is 1. The number of rotatable bonds is 12. The average Bonchev–Trinajstić information content (AvgIpc) is 2.31. The average molecular weight is 230 g/mol. The van der Waals surface area contributed by atoms with Crippen LogP contribution in [0.15, 0.2) is 12.2 Å². The molecule has 16 heavy (non-hydrogen) atoms. The van der Waals surface area contributed by atoms with Crippen LogP contribution in [0.2, 0.25) is 0 Å². The van der Waals surface area contributed by atoms with E-state index in [9.17, 15) is 4.39 Å². The molecule has 0 saturated carbocycles. The molecule has 0 aromatic heterocycles. The van der Waals surface area contributed by atoms with Crippen molar-refractivity contribution in [1.82, 2.24) is 0 Å². The summed E-state index contributed by atoms with van der Waals surface area (Å²) < 4.78 is 11.8. The summed E-state index contributed by atoms with van der Waals surface area (Å²) in [4.78, 5) is 0. The van der Waals surface area contributed by atoms with E-state index in [1.807, 2.05) is 0 Å². The highest BCUT2D eigenvalue weighted by Gasteiger charge is 1.91. The highest BCUT2D eigenvalue weighted by Crippen LogP contribution is 2.10. The molecule has 0 aliphatic heterocycles. The Hall–Kier alpha value is -0.370. The van der Waals surface area contributed by atoms with E-state index in [0.717, 1.165) is 25.7 Å². The van der Waals surface area contributed by atoms with Crippen molar-refractivity contribution in [3.8, 4) is 0 Å². The van der Waals surface area contributed by atoms with Crippen LogP contribution < -0.4 is 0 Å². The molecular formula is C14H27FO. The smallest absolute Gasteiger partial charge is 0.0894 e. The van der Waals surface area contributed by atoms with E-state index in [4.69, 9.17) is 5.11 Å². The molecule has 0 aromatic rings. The first-order valence-electron chi connectivity index (χ1n) is 6.73. The topological polar surface area (TPSA) is 20.2 Å². The fourth-order valence-electron chi connectivity index (χ4n) is 1.73. The highest BCUT2D eigenvalue weighted by molar-refractivity contribution is 4.80. The third kappa shape index (κ3) is 13.6. The van der Waals surface area contributed by atoms with Gasteiger partial charge in [0.25, 0.3) is 0 Å². The zero-order chi connectivity index (χ0) is 11.9. The molecule has 0 atom stereocenters. The first-order chi connectivity index (χ1) is 7.91. The Morgan fingerprint density at radius 3 is 1.75 bits per heavy atom. The van der Waals surface area contributed by atoms with Crippen molar-refractivity contribution in [2.45, 2.75) is 64.2 Å². The zero-order valence-corrected chi connectivity index (χ0v) is 10.5. The van der Waals surface area contributed by atoms with Crippen LogP contribution in [0.3, 0.4) is 0 Å². The minimum absolute atomic E-state index is 0.153. The fraction of sp³-hybridized carbons (Fsp3) is 0.857. The summed E-state index contributed by atoms with van der Waals surface area (Å²) in [5.74, 6) is 0. The molecule has 0 bridgehead atoms. The molecule has 0 amide bonds. The normalized spacial score (nSPS) is 11.4. The molecule has 0 aliphatic carbocycles. The lowest BCUT2D eigenvalue weighted by atomic mass is 10.1. The molecule has 0 aromatic carbocycles. The lowest BCUT2D eigenvalue weighted by Crippen LogP contribution is -1.82. The summed E-state index contributed by atoms with van der Waals surface area (Å²) in [7, 11) is 0. The Bertz CT molecular complexity index is 146. The molecule has 0 unspecified atom stereocenters. The largest absolute Gasteiger partial charge is 0.396 e. The molecule has 2 heteroatoms. The molecule has 0 radical (unpaired) electrons. The second-order valence-electron chi connectivity index (χ2n) is 4.29. The van der Waals surface area contributed by atoms with Crippen molar-refractivity contribution in [3.63, 3.8) is 0 Å². The van der Waals surface area contributed by atoms with Gasteiger partial charge in [-0.3, -0.25) is 4.39 Å². The Kier molecular flexibility index (Phi) is 14.3. The number of hydrogen-bond donors (Lipinski definition) is 1. The van der Waals surface area contributed by atoms with Gasteiger partial charge in [0, 0.05) is 6.61 Å². The van der Waals surface area contributed by atoms with Gasteiger partial charge in [-0.1, -0.05) is 50.7 Å². The van der Waals surface area contributed by atoms with Crippen LogP contribution in [0.1, 0.15) is 64.2 Å². The van der Waals surface area contributed by atoms with Gasteiger partial charge in [0.2, 0.25) is 0 Å². The molecule has 0 rings (SSSR count). The lowest BCUT2D eigenvalue weighted by molar-refractivity contribution is 0.302. The SMILES string of the molecule is OCC/C=C/CCCCCCCCCCF. The predicted molar refractivity (Wildman–Crippen MR) is 68.4 cm³/mol. The summed E-state index contributed by atoms with van der Waals surface area (Å²) in [5, 5.41) is 8.55. The molecular weight excluding hydrogens is 203 g/mol. The second kappa shape index (κ2) is 14.6. The number of hydrogen-bond acceptors (Lipinski definition) is 1. The van der Waals surface area contributed by atoms with Gasteiger partial charge >= 0.3 is 0 Å². The van der Waals surface area contributed by atoms with Gasteiger partial charge in [-0.15, -0.1) is 0 Å². The van der Waals surface area contributed by atoms with E-state index in [1.165, 1.54) is 38.5 Å². The summed E-state index contributed by atoms with van der Waals surface area (Å²) in [6.07, 6.45) is 15.6. The van der Waals surface area contributed by atoms with Crippen molar-refractivity contribution in [2.24, 2.45) is 0 Å². The Balaban J connectivity index is 2.93. The minimum Gasteiger partial charge on any atom is -0.396 e. The summed E-state index contributed by atoms with van der Waals surface area (Å²) in [6.45, 7) is 0.107. The maximum Gasteiger partial charge on any atom is 0.0894 e. The zero-order valence-electron chi connectivity index (χ0n) is 10.5. The van der Waals surface area contributed by atoms with E-state index >= 15 is 0 Å². The molecule has 1 nitrogen and oxygen atoms in total. The molecule has 0 saturated heterocycles. The Labute approximate surface area is 99.8 Å². The second-order valence-corrected chi connectivity index (χ2v) is 4.29. The van der Waals surface area contributed by atoms with Gasteiger partial charge < -0.3 is 5.11 Å². The number of unbranched alkanes of at least 4 members (excludes halogenated alkanes) is 8. The van der Waals surface area contributed by atoms with Crippen molar-refractivity contribution in [3.05, 3.63) is 12.2 Å². The van der Waals surface area contributed by atoms with Gasteiger partial charge in [-0.2, -0.15) is 0 Å². The van der Waals surface area contributed by atoms with Gasteiger partial charge in [0.15, 0.2) is 0 Å². The van der Waals surface area contributed by atoms with Crippen LogP contribution in [0.5, 0.6) is 0 Å². The third-order valence-electron chi connectivity index (χ3n) is 2.72. The number of aliphatic hydroxyl groups is 1. The van der Waals surface area contributed by atoms with Gasteiger partial charge in [-0.25, -0.2) is 0 Å². The Morgan fingerprint density at radius 1 is 0.688 bits per heavy atom. The van der Waals surface area contributed by atoms with Crippen LogP contribution in [-0.4, -0.2) is 18.4 Å². The first kappa shape index (κ1) is 15.6. The minimum atomic E-state index is -0.153. The maximum atomic E-state index is 11.8. The van der Waals surface area contributed by atoms with Crippen molar-refractivity contribution >= 4 is 0 Å². The van der Waals surface area contributed by atoms with Crippen molar-refractivity contribution in [2.75, 3.05) is 13.3 Å². The van der Waals surface area contributed by atoms with Crippen LogP contribution >= 0.6 is 0 Å². The molecule has 0 heterocycles. The third-order valence-corrected chi connectivity index (χ3v) is 2.72. The van der Waals surface area contributed by atoms with Crippen LogP contribution in [0.25, 0.3) is 0 Å². The van der Waals surface area contributed by atoms with Crippen LogP contribution in [0.4, 0.5) is 4.39 Å². The van der Waals surface area contributed by atoms with Gasteiger partial charge in [0.1, 0.15) is 0 Å². The van der Waals surface area contributed by atoms with E-state index in [2.05, 4.69) is 12.2 Å². The molecule has 0 aliphatic rings. The number of aliphatic hydroxyl groups excluding tert-OH is 1. The van der Waals surface area contributed by atoms with E-state index in [0.29, 0.717) is 0 Å². The lowest BCUT2D eigenvalue weighted by Gasteiger charge is -2.00. The quantitative estimate of drug-likeness (QED) is 0.389. The standard InChI is InChI=1S/C14H27FO/c15-13-11-9-7-5-3-1-2-4-6-8-10-12-14-16/h8,10,16H,1-7,9,11-14H2/b10-8+. The van der Waals surface area contributed by atoms with Crippen LogP contribution in [0, 0.1) is 0 Å². The van der Waals surface area contributed by atoms with Crippen molar-refractivity contribution < 1.29 is 9.50 Å². The summed E-state index contributed by atoms with van der Waals surface area (Å²) >= 11 is 0. The first-order valence-corrected chi connectivity index (χ1v) is 6.73. The molecule has 1 N–H and O–H groups in total. The number of allylic oxidation sites excluding steroid dienone is 1. The highest BCUT2D eigenvalue weighted by atomic mass is 19.1. The Morgan fingerprint density at radius 2 is 1.19 bits per heavy atom. The summed E-state index contributed by atoms with van der Waals surface area (Å²) in [5.41, 5.74) is 0. The molecule has 96 valence electrons. The fourth-order valence-corrected chi connectivity index (χ4v) is 1.73. The summed E-state index contributed by atoms with van der Waals surface area (Å²) in [6, 6.07) is 0. The van der Waals surface area contributed by atoms with Gasteiger partial charge in [0.05, 0.1) is 6.67 Å². The molecule has 0 spiro atoms.